The normalized spacial score (nSPS) is 14.9. The number of aliphatic hydroxyl groups excluding tert-OH is 1. The molecule has 0 saturated carbocycles. The van der Waals surface area contributed by atoms with E-state index in [4.69, 9.17) is 13.9 Å². The summed E-state index contributed by atoms with van der Waals surface area (Å²) in [5, 5.41) is 20.0. The van der Waals surface area contributed by atoms with E-state index in [1.807, 2.05) is 13.8 Å². The molecule has 0 saturated heterocycles. The second kappa shape index (κ2) is 14.1. The van der Waals surface area contributed by atoms with Gasteiger partial charge in [0.25, 0.3) is 5.91 Å². The second-order valence-corrected chi connectivity index (χ2v) is 12.6. The molecule has 230 valence electrons. The van der Waals surface area contributed by atoms with Gasteiger partial charge in [-0.1, -0.05) is 78.8 Å². The van der Waals surface area contributed by atoms with Crippen LogP contribution < -0.4 is 14.4 Å². The van der Waals surface area contributed by atoms with Crippen LogP contribution in [0.2, 0.25) is 0 Å². The van der Waals surface area contributed by atoms with E-state index < -0.39 is 23.5 Å². The van der Waals surface area contributed by atoms with E-state index >= 15 is 0 Å². The van der Waals surface area contributed by atoms with Crippen LogP contribution in [0.5, 0.6) is 11.5 Å². The molecule has 5 rings (SSSR count). The van der Waals surface area contributed by atoms with Crippen molar-refractivity contribution in [1.29, 1.82) is 0 Å². The first kappa shape index (κ1) is 31.3. The first-order chi connectivity index (χ1) is 21.3. The van der Waals surface area contributed by atoms with Crippen LogP contribution in [-0.2, 0) is 10.5 Å². The third kappa shape index (κ3) is 6.84. The Labute approximate surface area is 264 Å². The zero-order valence-corrected chi connectivity index (χ0v) is 26.8. The van der Waals surface area contributed by atoms with E-state index in [2.05, 4.69) is 41.4 Å². The van der Waals surface area contributed by atoms with Crippen LogP contribution in [0.25, 0.3) is 0 Å². The topological polar surface area (TPSA) is 115 Å². The van der Waals surface area contributed by atoms with Crippen molar-refractivity contribution in [3.05, 3.63) is 94.1 Å². The van der Waals surface area contributed by atoms with E-state index in [1.165, 1.54) is 39.6 Å². The zero-order chi connectivity index (χ0) is 31.2. The van der Waals surface area contributed by atoms with Crippen molar-refractivity contribution in [2.45, 2.75) is 63.1 Å². The van der Waals surface area contributed by atoms with Gasteiger partial charge >= 0.3 is 0 Å². The maximum Gasteiger partial charge on any atom is 0.296 e. The van der Waals surface area contributed by atoms with Crippen molar-refractivity contribution < 1.29 is 28.6 Å². The number of carbonyl (C=O) groups is 2. The molecule has 3 heterocycles. The lowest BCUT2D eigenvalue weighted by Crippen LogP contribution is -2.31. The Kier molecular flexibility index (Phi) is 10.1. The largest absolute Gasteiger partial charge is 0.503 e. The molecule has 1 aliphatic heterocycles. The van der Waals surface area contributed by atoms with Gasteiger partial charge in [0.2, 0.25) is 10.9 Å². The van der Waals surface area contributed by atoms with Crippen LogP contribution in [-0.4, -0.2) is 40.2 Å². The lowest BCUT2D eigenvalue weighted by atomic mass is 9.95. The van der Waals surface area contributed by atoms with E-state index in [1.54, 1.807) is 31.2 Å². The van der Waals surface area contributed by atoms with Gasteiger partial charge in [0.05, 0.1) is 24.8 Å². The van der Waals surface area contributed by atoms with Crippen molar-refractivity contribution in [3.63, 3.8) is 0 Å². The number of Topliss-reactive ketones (excluding diaryl/α,β-unsaturated/α-hetero) is 1. The molecular formula is C33H35N3O6S2. The van der Waals surface area contributed by atoms with Gasteiger partial charge in [-0.15, -0.1) is 10.2 Å². The van der Waals surface area contributed by atoms with E-state index in [9.17, 15) is 14.7 Å². The Hall–Kier alpha value is -4.09. The number of furan rings is 1. The number of ketones is 1. The van der Waals surface area contributed by atoms with E-state index in [0.717, 1.165) is 24.8 Å². The van der Waals surface area contributed by atoms with Crippen molar-refractivity contribution in [1.82, 2.24) is 10.2 Å². The average Bonchev–Trinajstić information content (AvgIpc) is 3.73. The predicted molar refractivity (Wildman–Crippen MR) is 171 cm³/mol. The number of hydrogen-bond acceptors (Lipinski definition) is 10. The fourth-order valence-corrected chi connectivity index (χ4v) is 6.67. The third-order valence-electron chi connectivity index (χ3n) is 7.09. The number of ether oxygens (including phenoxy) is 2. The van der Waals surface area contributed by atoms with E-state index in [-0.39, 0.29) is 16.5 Å². The standard InChI is InChI=1S/C33H35N3O6S2/c1-5-7-8-17-41-24-16-14-23(18-26(24)40-6-2)28-27(29(37)25-15-11-21(4)42-25)30(38)31(39)36(28)32-34-35-33(44-32)43-19-22-12-9-20(3)10-13-22/h9-16,18,28,38H,5-8,17,19H2,1-4H3. The number of aliphatic hydroxyl groups is 1. The summed E-state index contributed by atoms with van der Waals surface area (Å²) in [6, 6.07) is 15.7. The summed E-state index contributed by atoms with van der Waals surface area (Å²) in [6.45, 7) is 8.69. The molecule has 0 spiro atoms. The molecule has 1 amide bonds. The number of hydrogen-bond donors (Lipinski definition) is 1. The van der Waals surface area contributed by atoms with Crippen LogP contribution in [0.15, 0.2) is 74.7 Å². The number of anilines is 1. The van der Waals surface area contributed by atoms with Crippen LogP contribution in [0.4, 0.5) is 5.13 Å². The fourth-order valence-electron chi connectivity index (χ4n) is 4.84. The van der Waals surface area contributed by atoms with Crippen molar-refractivity contribution in [2.75, 3.05) is 18.1 Å². The van der Waals surface area contributed by atoms with E-state index in [0.29, 0.717) is 46.1 Å². The Morgan fingerprint density at radius 2 is 1.82 bits per heavy atom. The molecule has 11 heteroatoms. The lowest BCUT2D eigenvalue weighted by Gasteiger charge is -2.25. The number of benzene rings is 2. The van der Waals surface area contributed by atoms with Gasteiger partial charge in [0.15, 0.2) is 27.4 Å². The smallest absolute Gasteiger partial charge is 0.296 e. The van der Waals surface area contributed by atoms with Crippen molar-refractivity contribution >= 4 is 39.9 Å². The first-order valence-electron chi connectivity index (χ1n) is 14.6. The molecule has 2 aromatic carbocycles. The first-order valence-corrected chi connectivity index (χ1v) is 16.4. The van der Waals surface area contributed by atoms with Gasteiger partial charge < -0.3 is 19.0 Å². The number of unbranched alkanes of at least 4 members (excludes halogenated alkanes) is 2. The number of amides is 1. The number of aryl methyl sites for hydroxylation is 2. The fraction of sp³-hybridized carbons (Fsp3) is 0.333. The van der Waals surface area contributed by atoms with Gasteiger partial charge in [-0.05, 0) is 62.6 Å². The molecule has 9 nitrogen and oxygen atoms in total. The number of rotatable bonds is 14. The lowest BCUT2D eigenvalue weighted by molar-refractivity contribution is -0.117. The molecule has 1 N–H and O–H groups in total. The predicted octanol–water partition coefficient (Wildman–Crippen LogP) is 7.79. The molecular weight excluding hydrogens is 599 g/mol. The summed E-state index contributed by atoms with van der Waals surface area (Å²) < 4.78 is 18.2. The minimum Gasteiger partial charge on any atom is -0.503 e. The number of aromatic nitrogens is 2. The van der Waals surface area contributed by atoms with Crippen LogP contribution in [0.3, 0.4) is 0 Å². The number of nitrogens with zero attached hydrogens (tertiary/aromatic N) is 3. The molecule has 1 atom stereocenters. The zero-order valence-electron chi connectivity index (χ0n) is 25.2. The highest BCUT2D eigenvalue weighted by Gasteiger charge is 2.47. The monoisotopic (exact) mass is 633 g/mol. The average molecular weight is 634 g/mol. The minimum absolute atomic E-state index is 0.0243. The Bertz CT molecular complexity index is 1660. The minimum atomic E-state index is -1.00. The molecule has 4 aromatic rings. The quantitative estimate of drug-likeness (QED) is 0.0643. The molecule has 0 bridgehead atoms. The van der Waals surface area contributed by atoms with Crippen molar-refractivity contribution in [3.8, 4) is 11.5 Å². The summed E-state index contributed by atoms with van der Waals surface area (Å²) in [6.07, 6.45) is 3.04. The molecule has 1 unspecified atom stereocenters. The second-order valence-electron chi connectivity index (χ2n) is 10.4. The van der Waals surface area contributed by atoms with Gasteiger partial charge in [-0.3, -0.25) is 14.5 Å². The molecule has 1 aliphatic rings. The molecule has 0 aliphatic carbocycles. The number of carbonyl (C=O) groups excluding carboxylic acids is 2. The Balaban J connectivity index is 1.50. The SMILES string of the molecule is CCCCCOc1ccc(C2C(C(=O)c3ccc(C)o3)=C(O)C(=O)N2c2nnc(SCc3ccc(C)cc3)s2)cc1OCC. The van der Waals surface area contributed by atoms with Crippen LogP contribution >= 0.6 is 23.1 Å². The highest BCUT2D eigenvalue weighted by atomic mass is 32.2. The Morgan fingerprint density at radius 1 is 1.02 bits per heavy atom. The molecule has 2 aromatic heterocycles. The van der Waals surface area contributed by atoms with Crippen LogP contribution in [0.1, 0.15) is 72.2 Å². The maximum absolute atomic E-state index is 13.8. The third-order valence-corrected chi connectivity index (χ3v) is 9.22. The van der Waals surface area contributed by atoms with Gasteiger partial charge in [0.1, 0.15) is 5.76 Å². The van der Waals surface area contributed by atoms with Gasteiger partial charge in [0, 0.05) is 5.75 Å². The molecule has 0 radical (unpaired) electrons. The van der Waals surface area contributed by atoms with Gasteiger partial charge in [-0.2, -0.15) is 0 Å². The van der Waals surface area contributed by atoms with Crippen molar-refractivity contribution in [2.24, 2.45) is 0 Å². The summed E-state index contributed by atoms with van der Waals surface area (Å²) in [5.74, 6) is 0.289. The summed E-state index contributed by atoms with van der Waals surface area (Å²) in [4.78, 5) is 28.7. The number of thioether (sulfide) groups is 1. The summed E-state index contributed by atoms with van der Waals surface area (Å²) in [5.41, 5.74) is 2.75. The highest BCUT2D eigenvalue weighted by Crippen LogP contribution is 2.45. The maximum atomic E-state index is 13.8. The summed E-state index contributed by atoms with van der Waals surface area (Å²) in [7, 11) is 0. The van der Waals surface area contributed by atoms with Gasteiger partial charge in [-0.25, -0.2) is 0 Å². The Morgan fingerprint density at radius 3 is 2.52 bits per heavy atom. The van der Waals surface area contributed by atoms with Crippen LogP contribution in [0, 0.1) is 13.8 Å². The highest BCUT2D eigenvalue weighted by molar-refractivity contribution is 8.00. The molecule has 0 fully saturated rings. The molecule has 44 heavy (non-hydrogen) atoms. The summed E-state index contributed by atoms with van der Waals surface area (Å²) >= 11 is 2.72.